The van der Waals surface area contributed by atoms with Crippen LogP contribution in [0.1, 0.15) is 17.0 Å². The number of nitrogens with zero attached hydrogens (tertiary/aromatic N) is 3. The molecule has 3 nitrogen and oxygen atoms in total. The molecule has 2 aromatic heterocycles. The fourth-order valence-corrected chi connectivity index (χ4v) is 2.53. The van der Waals surface area contributed by atoms with E-state index in [9.17, 15) is 0 Å². The standard InChI is InChI=1S/C18H19N3/c1-14-6-5-8-17(20-14)13-21(2)12-15-10-16-7-3-4-9-18(16)19-11-15/h3-11H,12-13H2,1-2H3. The number of benzene rings is 1. The van der Waals surface area contributed by atoms with Crippen LogP contribution in [-0.2, 0) is 13.1 Å². The van der Waals surface area contributed by atoms with Crippen LogP contribution in [0.25, 0.3) is 10.9 Å². The van der Waals surface area contributed by atoms with E-state index < -0.39 is 0 Å². The van der Waals surface area contributed by atoms with Crippen molar-refractivity contribution in [1.29, 1.82) is 0 Å². The van der Waals surface area contributed by atoms with Gasteiger partial charge in [-0.15, -0.1) is 0 Å². The first kappa shape index (κ1) is 13.7. The molecule has 1 aromatic carbocycles. The predicted molar refractivity (Wildman–Crippen MR) is 85.9 cm³/mol. The molecule has 0 aliphatic carbocycles. The summed E-state index contributed by atoms with van der Waals surface area (Å²) in [6.45, 7) is 3.73. The van der Waals surface area contributed by atoms with E-state index in [2.05, 4.69) is 46.2 Å². The largest absolute Gasteiger partial charge is 0.296 e. The number of fused-ring (bicyclic) bond motifs is 1. The lowest BCUT2D eigenvalue weighted by Crippen LogP contribution is -2.18. The van der Waals surface area contributed by atoms with Gasteiger partial charge in [-0.1, -0.05) is 24.3 Å². The first-order valence-corrected chi connectivity index (χ1v) is 7.15. The van der Waals surface area contributed by atoms with Gasteiger partial charge in [0.05, 0.1) is 11.2 Å². The van der Waals surface area contributed by atoms with Gasteiger partial charge in [0.1, 0.15) is 0 Å². The molecule has 0 aliphatic heterocycles. The molecule has 21 heavy (non-hydrogen) atoms. The van der Waals surface area contributed by atoms with Gasteiger partial charge in [-0.05, 0) is 43.8 Å². The lowest BCUT2D eigenvalue weighted by molar-refractivity contribution is 0.314. The van der Waals surface area contributed by atoms with Crippen LogP contribution in [0.5, 0.6) is 0 Å². The Bertz CT molecular complexity index is 752. The van der Waals surface area contributed by atoms with Gasteiger partial charge in [0, 0.05) is 30.4 Å². The molecule has 0 radical (unpaired) electrons. The highest BCUT2D eigenvalue weighted by molar-refractivity contribution is 5.78. The van der Waals surface area contributed by atoms with Gasteiger partial charge in [-0.3, -0.25) is 14.9 Å². The van der Waals surface area contributed by atoms with E-state index in [1.165, 1.54) is 10.9 Å². The SMILES string of the molecule is Cc1cccc(CN(C)Cc2cnc3ccccc3c2)n1. The average Bonchev–Trinajstić information content (AvgIpc) is 2.47. The van der Waals surface area contributed by atoms with Gasteiger partial charge < -0.3 is 0 Å². The second-order valence-corrected chi connectivity index (χ2v) is 5.48. The molecule has 0 spiro atoms. The second kappa shape index (κ2) is 6.02. The van der Waals surface area contributed by atoms with E-state index >= 15 is 0 Å². The molecule has 0 saturated carbocycles. The third kappa shape index (κ3) is 3.44. The molecule has 0 N–H and O–H groups in total. The molecule has 0 saturated heterocycles. The van der Waals surface area contributed by atoms with Crippen LogP contribution in [0.2, 0.25) is 0 Å². The highest BCUT2D eigenvalue weighted by atomic mass is 15.1. The van der Waals surface area contributed by atoms with Gasteiger partial charge >= 0.3 is 0 Å². The molecule has 3 heteroatoms. The zero-order valence-corrected chi connectivity index (χ0v) is 12.5. The van der Waals surface area contributed by atoms with E-state index in [0.717, 1.165) is 30.0 Å². The molecular formula is C18H19N3. The summed E-state index contributed by atoms with van der Waals surface area (Å²) in [4.78, 5) is 11.3. The number of hydrogen-bond donors (Lipinski definition) is 0. The molecule has 2 heterocycles. The Morgan fingerprint density at radius 1 is 1.00 bits per heavy atom. The Morgan fingerprint density at radius 2 is 1.86 bits per heavy atom. The maximum atomic E-state index is 4.55. The van der Waals surface area contributed by atoms with Crippen molar-refractivity contribution >= 4 is 10.9 Å². The summed E-state index contributed by atoms with van der Waals surface area (Å²) in [5.74, 6) is 0. The molecule has 0 fully saturated rings. The van der Waals surface area contributed by atoms with Crippen molar-refractivity contribution in [2.75, 3.05) is 7.05 Å². The summed E-state index contributed by atoms with van der Waals surface area (Å²) < 4.78 is 0. The van der Waals surface area contributed by atoms with Crippen LogP contribution in [0.4, 0.5) is 0 Å². The average molecular weight is 277 g/mol. The quantitative estimate of drug-likeness (QED) is 0.730. The molecule has 0 aliphatic rings. The van der Waals surface area contributed by atoms with Crippen LogP contribution < -0.4 is 0 Å². The second-order valence-electron chi connectivity index (χ2n) is 5.48. The zero-order valence-electron chi connectivity index (χ0n) is 12.5. The van der Waals surface area contributed by atoms with Crippen molar-refractivity contribution in [2.24, 2.45) is 0 Å². The summed E-state index contributed by atoms with van der Waals surface area (Å²) in [5.41, 5.74) is 4.44. The minimum Gasteiger partial charge on any atom is -0.296 e. The number of hydrogen-bond acceptors (Lipinski definition) is 3. The summed E-state index contributed by atoms with van der Waals surface area (Å²) >= 11 is 0. The van der Waals surface area contributed by atoms with E-state index in [4.69, 9.17) is 0 Å². The fraction of sp³-hybridized carbons (Fsp3) is 0.222. The van der Waals surface area contributed by atoms with Crippen LogP contribution in [0.15, 0.2) is 54.7 Å². The number of rotatable bonds is 4. The van der Waals surface area contributed by atoms with Crippen molar-refractivity contribution in [1.82, 2.24) is 14.9 Å². The molecule has 106 valence electrons. The lowest BCUT2D eigenvalue weighted by atomic mass is 10.1. The summed E-state index contributed by atoms with van der Waals surface area (Å²) in [6.07, 6.45) is 1.96. The monoisotopic (exact) mass is 277 g/mol. The molecule has 0 bridgehead atoms. The highest BCUT2D eigenvalue weighted by Crippen LogP contribution is 2.14. The minimum atomic E-state index is 0.842. The van der Waals surface area contributed by atoms with Gasteiger partial charge in [0.25, 0.3) is 0 Å². The Kier molecular flexibility index (Phi) is 3.93. The molecule has 0 atom stereocenters. The normalized spacial score (nSPS) is 11.2. The number of para-hydroxylation sites is 1. The first-order valence-electron chi connectivity index (χ1n) is 7.15. The molecule has 0 amide bonds. The zero-order chi connectivity index (χ0) is 14.7. The first-order chi connectivity index (χ1) is 10.2. The van der Waals surface area contributed by atoms with Crippen molar-refractivity contribution < 1.29 is 0 Å². The van der Waals surface area contributed by atoms with Gasteiger partial charge in [-0.25, -0.2) is 0 Å². The third-order valence-corrected chi connectivity index (χ3v) is 3.48. The number of aryl methyl sites for hydroxylation is 1. The molecular weight excluding hydrogens is 258 g/mol. The lowest BCUT2D eigenvalue weighted by Gasteiger charge is -2.16. The van der Waals surface area contributed by atoms with Gasteiger partial charge in [0.2, 0.25) is 0 Å². The fourth-order valence-electron chi connectivity index (χ4n) is 2.53. The van der Waals surface area contributed by atoms with Crippen molar-refractivity contribution in [3.05, 3.63) is 71.7 Å². The molecule has 0 unspecified atom stereocenters. The van der Waals surface area contributed by atoms with Gasteiger partial charge in [-0.2, -0.15) is 0 Å². The Hall–Kier alpha value is -2.26. The highest BCUT2D eigenvalue weighted by Gasteiger charge is 2.04. The number of pyridine rings is 2. The van der Waals surface area contributed by atoms with Gasteiger partial charge in [0.15, 0.2) is 0 Å². The number of aromatic nitrogens is 2. The summed E-state index contributed by atoms with van der Waals surface area (Å²) in [6, 6.07) is 16.6. The van der Waals surface area contributed by atoms with Crippen LogP contribution in [-0.4, -0.2) is 21.9 Å². The van der Waals surface area contributed by atoms with Crippen molar-refractivity contribution in [3.8, 4) is 0 Å². The van der Waals surface area contributed by atoms with E-state index in [0.29, 0.717) is 0 Å². The minimum absolute atomic E-state index is 0.842. The van der Waals surface area contributed by atoms with Crippen LogP contribution >= 0.6 is 0 Å². The maximum Gasteiger partial charge on any atom is 0.0702 e. The topological polar surface area (TPSA) is 29.0 Å². The van der Waals surface area contributed by atoms with E-state index in [1.54, 1.807) is 0 Å². The van der Waals surface area contributed by atoms with E-state index in [-0.39, 0.29) is 0 Å². The maximum absolute atomic E-state index is 4.55. The van der Waals surface area contributed by atoms with Crippen LogP contribution in [0, 0.1) is 6.92 Å². The van der Waals surface area contributed by atoms with E-state index in [1.807, 2.05) is 37.4 Å². The summed E-state index contributed by atoms with van der Waals surface area (Å²) in [7, 11) is 2.11. The van der Waals surface area contributed by atoms with Crippen molar-refractivity contribution in [3.63, 3.8) is 0 Å². The third-order valence-electron chi connectivity index (χ3n) is 3.48. The Labute approximate surface area is 125 Å². The summed E-state index contributed by atoms with van der Waals surface area (Å²) in [5, 5.41) is 1.19. The smallest absolute Gasteiger partial charge is 0.0702 e. The van der Waals surface area contributed by atoms with Crippen LogP contribution in [0.3, 0.4) is 0 Å². The van der Waals surface area contributed by atoms with Crippen molar-refractivity contribution in [2.45, 2.75) is 20.0 Å². The molecule has 3 rings (SSSR count). The Morgan fingerprint density at radius 3 is 2.71 bits per heavy atom. The predicted octanol–water partition coefficient (Wildman–Crippen LogP) is 3.57. The Balaban J connectivity index is 1.72. The molecule has 3 aromatic rings.